The first-order valence-electron chi connectivity index (χ1n) is 6.09. The largest absolute Gasteiger partial charge is 0.493 e. The van der Waals surface area contributed by atoms with Crippen molar-refractivity contribution in [1.29, 1.82) is 0 Å². The second kappa shape index (κ2) is 5.46. The number of ether oxygens (including phenoxy) is 1. The molecule has 2 aromatic rings. The van der Waals surface area contributed by atoms with Crippen LogP contribution in [-0.2, 0) is 13.0 Å². The maximum Gasteiger partial charge on any atom is 0.157 e. The minimum atomic E-state index is 0.248. The van der Waals surface area contributed by atoms with Crippen molar-refractivity contribution < 1.29 is 4.74 Å². The van der Waals surface area contributed by atoms with Crippen LogP contribution in [0, 0.1) is 0 Å². The molecule has 0 atom stereocenters. The highest BCUT2D eigenvalue weighted by molar-refractivity contribution is 9.10. The van der Waals surface area contributed by atoms with E-state index in [1.54, 1.807) is 0 Å². The van der Waals surface area contributed by atoms with E-state index in [2.05, 4.69) is 37.3 Å². The summed E-state index contributed by atoms with van der Waals surface area (Å²) in [5.74, 6) is 1.47. The molecule has 0 fully saturated rings. The van der Waals surface area contributed by atoms with Crippen molar-refractivity contribution in [1.82, 2.24) is 9.97 Å². The molecule has 1 aromatic carbocycles. The molecule has 0 aliphatic carbocycles. The maximum absolute atomic E-state index is 5.87. The van der Waals surface area contributed by atoms with Gasteiger partial charge in [0.2, 0.25) is 0 Å². The Kier molecular flexibility index (Phi) is 3.67. The van der Waals surface area contributed by atoms with Crippen molar-refractivity contribution in [2.45, 2.75) is 13.0 Å². The highest BCUT2D eigenvalue weighted by Gasteiger charge is 2.17. The van der Waals surface area contributed by atoms with Gasteiger partial charge in [0.15, 0.2) is 11.0 Å². The van der Waals surface area contributed by atoms with E-state index in [1.807, 2.05) is 6.07 Å². The molecule has 1 aromatic heterocycles. The molecule has 3 rings (SSSR count). The van der Waals surface area contributed by atoms with Gasteiger partial charge in [-0.25, -0.2) is 9.97 Å². The quantitative estimate of drug-likeness (QED) is 0.828. The predicted molar refractivity (Wildman–Crippen MR) is 82.1 cm³/mol. The molecule has 0 amide bonds. The molecule has 0 radical (unpaired) electrons. The van der Waals surface area contributed by atoms with Gasteiger partial charge in [0.05, 0.1) is 6.61 Å². The first kappa shape index (κ1) is 13.5. The molecule has 3 N–H and O–H groups in total. The van der Waals surface area contributed by atoms with Crippen LogP contribution in [-0.4, -0.2) is 16.6 Å². The van der Waals surface area contributed by atoms with Gasteiger partial charge in [0.25, 0.3) is 0 Å². The Bertz CT molecular complexity index is 665. The third-order valence-corrected chi connectivity index (χ3v) is 3.87. The van der Waals surface area contributed by atoms with Gasteiger partial charge in [0.1, 0.15) is 17.8 Å². The monoisotopic (exact) mass is 354 g/mol. The van der Waals surface area contributed by atoms with Gasteiger partial charge in [-0.2, -0.15) is 0 Å². The fraction of sp³-hybridized carbons (Fsp3) is 0.231. The molecule has 0 saturated carbocycles. The van der Waals surface area contributed by atoms with E-state index in [9.17, 15) is 0 Å². The SMILES string of the molecule is Nc1c(Cl)ncnc1NCc1cc(Br)cc2c1OCC2. The van der Waals surface area contributed by atoms with Gasteiger partial charge in [-0.05, 0) is 17.7 Å². The molecule has 0 saturated heterocycles. The molecule has 1 aliphatic rings. The lowest BCUT2D eigenvalue weighted by atomic mass is 10.1. The summed E-state index contributed by atoms with van der Waals surface area (Å²) in [6.45, 7) is 1.28. The zero-order valence-corrected chi connectivity index (χ0v) is 12.8. The Morgan fingerprint density at radius 1 is 1.40 bits per heavy atom. The molecule has 5 nitrogen and oxygen atoms in total. The number of nitrogen functional groups attached to an aromatic ring is 1. The number of nitrogens with one attached hydrogen (secondary N) is 1. The molecule has 20 heavy (non-hydrogen) atoms. The second-order valence-corrected chi connectivity index (χ2v) is 5.71. The summed E-state index contributed by atoms with van der Waals surface area (Å²) in [5, 5.41) is 3.41. The molecule has 7 heteroatoms. The van der Waals surface area contributed by atoms with Crippen LogP contribution in [0.15, 0.2) is 22.9 Å². The van der Waals surface area contributed by atoms with E-state index in [0.717, 1.165) is 28.8 Å². The molecule has 2 heterocycles. The van der Waals surface area contributed by atoms with Crippen molar-refractivity contribution in [3.63, 3.8) is 0 Å². The molecule has 0 spiro atoms. The zero-order chi connectivity index (χ0) is 14.1. The number of hydrogen-bond donors (Lipinski definition) is 2. The maximum atomic E-state index is 5.87. The number of hydrogen-bond acceptors (Lipinski definition) is 5. The second-order valence-electron chi connectivity index (χ2n) is 4.43. The van der Waals surface area contributed by atoms with Crippen LogP contribution in [0.3, 0.4) is 0 Å². The van der Waals surface area contributed by atoms with E-state index in [0.29, 0.717) is 18.1 Å². The topological polar surface area (TPSA) is 73.1 Å². The van der Waals surface area contributed by atoms with Gasteiger partial charge in [-0.3, -0.25) is 0 Å². The minimum absolute atomic E-state index is 0.248. The summed E-state index contributed by atoms with van der Waals surface area (Å²) in [6.07, 6.45) is 2.31. The molecule has 1 aliphatic heterocycles. The Morgan fingerprint density at radius 3 is 3.10 bits per heavy atom. The number of rotatable bonds is 3. The predicted octanol–water partition coefficient (Wildman–Crippen LogP) is 3.02. The molecular formula is C13H12BrClN4O. The average Bonchev–Trinajstić information content (AvgIpc) is 2.88. The number of nitrogens with zero attached hydrogens (tertiary/aromatic N) is 2. The first-order valence-corrected chi connectivity index (χ1v) is 7.26. The standard InChI is InChI=1S/C13H12BrClN4O/c14-9-3-7-1-2-20-11(7)8(4-9)5-17-13-10(16)12(15)18-6-19-13/h3-4,6H,1-2,5,16H2,(H,17,18,19). The van der Waals surface area contributed by atoms with E-state index in [-0.39, 0.29) is 5.15 Å². The molecular weight excluding hydrogens is 344 g/mol. The molecule has 104 valence electrons. The summed E-state index contributed by atoms with van der Waals surface area (Å²) in [6, 6.07) is 4.11. The Morgan fingerprint density at radius 2 is 2.25 bits per heavy atom. The Labute approximate surface area is 129 Å². The van der Waals surface area contributed by atoms with Crippen LogP contribution >= 0.6 is 27.5 Å². The first-order chi connectivity index (χ1) is 9.65. The molecule has 0 unspecified atom stereocenters. The van der Waals surface area contributed by atoms with Crippen LogP contribution in [0.1, 0.15) is 11.1 Å². The van der Waals surface area contributed by atoms with E-state index >= 15 is 0 Å². The van der Waals surface area contributed by atoms with E-state index in [4.69, 9.17) is 22.1 Å². The van der Waals surface area contributed by atoms with Gasteiger partial charge < -0.3 is 15.8 Å². The number of benzene rings is 1. The van der Waals surface area contributed by atoms with Crippen molar-refractivity contribution in [3.8, 4) is 5.75 Å². The Hall–Kier alpha value is -1.53. The summed E-state index contributed by atoms with van der Waals surface area (Å²) in [7, 11) is 0. The summed E-state index contributed by atoms with van der Waals surface area (Å²) < 4.78 is 6.71. The third kappa shape index (κ3) is 2.53. The third-order valence-electron chi connectivity index (χ3n) is 3.11. The summed E-state index contributed by atoms with van der Waals surface area (Å²) in [4.78, 5) is 7.91. The smallest absolute Gasteiger partial charge is 0.157 e. The lowest BCUT2D eigenvalue weighted by Crippen LogP contribution is -2.06. The minimum Gasteiger partial charge on any atom is -0.493 e. The van der Waals surface area contributed by atoms with E-state index < -0.39 is 0 Å². The number of anilines is 2. The average molecular weight is 356 g/mol. The van der Waals surface area contributed by atoms with Crippen molar-refractivity contribution >= 4 is 39.0 Å². The summed E-state index contributed by atoms with van der Waals surface area (Å²) in [5.41, 5.74) is 8.45. The van der Waals surface area contributed by atoms with Crippen LogP contribution in [0.4, 0.5) is 11.5 Å². The number of fused-ring (bicyclic) bond motifs is 1. The van der Waals surface area contributed by atoms with Gasteiger partial charge in [-0.1, -0.05) is 27.5 Å². The lowest BCUT2D eigenvalue weighted by molar-refractivity contribution is 0.354. The van der Waals surface area contributed by atoms with Crippen LogP contribution in [0.2, 0.25) is 5.15 Å². The van der Waals surface area contributed by atoms with Crippen molar-refractivity contribution in [2.24, 2.45) is 0 Å². The van der Waals surface area contributed by atoms with Crippen LogP contribution in [0.25, 0.3) is 0 Å². The fourth-order valence-electron chi connectivity index (χ4n) is 2.17. The van der Waals surface area contributed by atoms with Gasteiger partial charge >= 0.3 is 0 Å². The zero-order valence-electron chi connectivity index (χ0n) is 10.5. The Balaban J connectivity index is 1.84. The highest BCUT2D eigenvalue weighted by Crippen LogP contribution is 2.33. The highest BCUT2D eigenvalue weighted by atomic mass is 79.9. The van der Waals surface area contributed by atoms with Crippen molar-refractivity contribution in [3.05, 3.63) is 39.2 Å². The van der Waals surface area contributed by atoms with Crippen LogP contribution in [0.5, 0.6) is 5.75 Å². The van der Waals surface area contributed by atoms with Gasteiger partial charge in [0, 0.05) is 23.0 Å². The molecule has 0 bridgehead atoms. The number of nitrogens with two attached hydrogens (primary N) is 1. The van der Waals surface area contributed by atoms with E-state index in [1.165, 1.54) is 11.9 Å². The normalized spacial score (nSPS) is 12.9. The lowest BCUT2D eigenvalue weighted by Gasteiger charge is -2.12. The number of aromatic nitrogens is 2. The number of halogens is 2. The summed E-state index contributed by atoms with van der Waals surface area (Å²) >= 11 is 9.38. The van der Waals surface area contributed by atoms with Crippen molar-refractivity contribution in [2.75, 3.05) is 17.7 Å². The van der Waals surface area contributed by atoms with Crippen LogP contribution < -0.4 is 15.8 Å². The fourth-order valence-corrected chi connectivity index (χ4v) is 2.86. The van der Waals surface area contributed by atoms with Gasteiger partial charge in [-0.15, -0.1) is 0 Å².